The van der Waals surface area contributed by atoms with Crippen molar-refractivity contribution in [1.82, 2.24) is 10.3 Å². The molecule has 1 aliphatic carbocycles. The Morgan fingerprint density at radius 2 is 1.67 bits per heavy atom. The highest BCUT2D eigenvalue weighted by Gasteiger charge is 2.26. The van der Waals surface area contributed by atoms with Crippen molar-refractivity contribution in [2.45, 2.75) is 37.8 Å². The van der Waals surface area contributed by atoms with E-state index in [9.17, 15) is 0 Å². The molecule has 2 rings (SSSR count). The summed E-state index contributed by atoms with van der Waals surface area (Å²) in [6, 6.07) is 1.33. The lowest BCUT2D eigenvalue weighted by atomic mass is 9.90. The first-order valence-electron chi connectivity index (χ1n) is 5.68. The number of morpholine rings is 1. The van der Waals surface area contributed by atoms with Crippen LogP contribution in [0.2, 0.25) is 0 Å². The molecule has 0 aromatic heterocycles. The average Bonchev–Trinajstić information content (AvgIpc) is 2.30. The van der Waals surface area contributed by atoms with Gasteiger partial charge in [0.25, 0.3) is 0 Å². The summed E-state index contributed by atoms with van der Waals surface area (Å²) in [5.74, 6) is 5.44. The number of nitrogens with two attached hydrogens (primary N) is 1. The number of ether oxygens (including phenoxy) is 1. The van der Waals surface area contributed by atoms with Gasteiger partial charge in [0.1, 0.15) is 0 Å². The lowest BCUT2D eigenvalue weighted by molar-refractivity contribution is 0.00657. The summed E-state index contributed by atoms with van der Waals surface area (Å²) in [5.41, 5.74) is 2.88. The number of nitrogens with zero attached hydrogens (tertiary/aromatic N) is 1. The van der Waals surface area contributed by atoms with E-state index in [1.54, 1.807) is 0 Å². The van der Waals surface area contributed by atoms with Crippen molar-refractivity contribution in [3.05, 3.63) is 0 Å². The van der Waals surface area contributed by atoms with E-state index in [0.29, 0.717) is 6.04 Å². The zero-order valence-electron chi connectivity index (χ0n) is 9.15. The van der Waals surface area contributed by atoms with Crippen molar-refractivity contribution in [3.63, 3.8) is 0 Å². The topological polar surface area (TPSA) is 50.5 Å². The number of hydrogen-bond donors (Lipinski definition) is 2. The van der Waals surface area contributed by atoms with Crippen LogP contribution in [0.5, 0.6) is 0 Å². The molecule has 90 valence electrons. The molecule has 5 heteroatoms. The number of rotatable bonds is 2. The highest BCUT2D eigenvalue weighted by molar-refractivity contribution is 5.85. The molecule has 1 saturated heterocycles. The van der Waals surface area contributed by atoms with Crippen LogP contribution in [0, 0.1) is 0 Å². The lowest BCUT2D eigenvalue weighted by Crippen LogP contribution is -2.48. The van der Waals surface area contributed by atoms with Gasteiger partial charge < -0.3 is 4.74 Å². The first kappa shape index (κ1) is 13.2. The van der Waals surface area contributed by atoms with Gasteiger partial charge in [0.2, 0.25) is 0 Å². The maximum atomic E-state index is 5.44. The van der Waals surface area contributed by atoms with Crippen LogP contribution in [0.15, 0.2) is 0 Å². The number of hydrazine groups is 1. The fourth-order valence-corrected chi connectivity index (χ4v) is 2.55. The summed E-state index contributed by atoms with van der Waals surface area (Å²) in [6.45, 7) is 4.06. The lowest BCUT2D eigenvalue weighted by Gasteiger charge is -2.38. The highest BCUT2D eigenvalue weighted by Crippen LogP contribution is 2.23. The van der Waals surface area contributed by atoms with Crippen molar-refractivity contribution < 1.29 is 4.74 Å². The van der Waals surface area contributed by atoms with E-state index in [0.717, 1.165) is 32.3 Å². The minimum atomic E-state index is 0. The molecule has 0 radical (unpaired) electrons. The van der Waals surface area contributed by atoms with Crippen molar-refractivity contribution in [3.8, 4) is 0 Å². The molecule has 0 aromatic carbocycles. The number of halogens is 1. The second-order valence-electron chi connectivity index (χ2n) is 4.32. The van der Waals surface area contributed by atoms with Gasteiger partial charge in [-0.2, -0.15) is 0 Å². The van der Waals surface area contributed by atoms with Gasteiger partial charge >= 0.3 is 0 Å². The molecule has 2 fully saturated rings. The third kappa shape index (κ3) is 3.57. The fourth-order valence-electron chi connectivity index (χ4n) is 2.55. The van der Waals surface area contributed by atoms with Crippen LogP contribution in [-0.4, -0.2) is 43.3 Å². The standard InChI is InChI=1S/C10H21N3O.ClH/c11-12-9-1-3-10(4-2-9)13-5-7-14-8-6-13;/h9-10,12H,1-8,11H2;1H. The molecule has 0 atom stereocenters. The van der Waals surface area contributed by atoms with E-state index in [1.165, 1.54) is 25.7 Å². The predicted octanol–water partition coefficient (Wildman–Crippen LogP) is 0.515. The van der Waals surface area contributed by atoms with E-state index in [4.69, 9.17) is 10.6 Å². The molecule has 0 unspecified atom stereocenters. The molecular formula is C10H22ClN3O. The van der Waals surface area contributed by atoms with Gasteiger partial charge in [-0.15, -0.1) is 12.4 Å². The largest absolute Gasteiger partial charge is 0.379 e. The van der Waals surface area contributed by atoms with Crippen LogP contribution >= 0.6 is 12.4 Å². The molecule has 0 spiro atoms. The van der Waals surface area contributed by atoms with Crippen LogP contribution in [0.3, 0.4) is 0 Å². The van der Waals surface area contributed by atoms with Gasteiger partial charge in [-0.25, -0.2) is 0 Å². The zero-order valence-corrected chi connectivity index (χ0v) is 9.97. The molecule has 1 heterocycles. The normalized spacial score (nSPS) is 33.4. The summed E-state index contributed by atoms with van der Waals surface area (Å²) < 4.78 is 5.36. The van der Waals surface area contributed by atoms with Gasteiger partial charge in [-0.05, 0) is 25.7 Å². The summed E-state index contributed by atoms with van der Waals surface area (Å²) in [4.78, 5) is 2.58. The minimum absolute atomic E-state index is 0. The maximum Gasteiger partial charge on any atom is 0.0594 e. The molecule has 1 saturated carbocycles. The van der Waals surface area contributed by atoms with E-state index >= 15 is 0 Å². The smallest absolute Gasteiger partial charge is 0.0594 e. The van der Waals surface area contributed by atoms with Crippen molar-refractivity contribution >= 4 is 12.4 Å². The highest BCUT2D eigenvalue weighted by atomic mass is 35.5. The van der Waals surface area contributed by atoms with E-state index in [1.807, 2.05) is 0 Å². The van der Waals surface area contributed by atoms with Gasteiger partial charge in [0, 0.05) is 25.2 Å². The second-order valence-corrected chi connectivity index (χ2v) is 4.32. The molecule has 15 heavy (non-hydrogen) atoms. The molecule has 4 nitrogen and oxygen atoms in total. The van der Waals surface area contributed by atoms with E-state index in [2.05, 4.69) is 10.3 Å². The van der Waals surface area contributed by atoms with Gasteiger partial charge in [0.05, 0.1) is 13.2 Å². The molecule has 0 amide bonds. The Bertz CT molecular complexity index is 168. The zero-order chi connectivity index (χ0) is 9.80. The van der Waals surface area contributed by atoms with Crippen LogP contribution in [0.1, 0.15) is 25.7 Å². The molecule has 0 aromatic rings. The van der Waals surface area contributed by atoms with Crippen molar-refractivity contribution in [1.29, 1.82) is 0 Å². The maximum absolute atomic E-state index is 5.44. The Kier molecular flexibility index (Phi) is 5.86. The van der Waals surface area contributed by atoms with Crippen LogP contribution in [-0.2, 0) is 4.74 Å². The average molecular weight is 236 g/mol. The van der Waals surface area contributed by atoms with Gasteiger partial charge in [0.15, 0.2) is 0 Å². The summed E-state index contributed by atoms with van der Waals surface area (Å²) in [7, 11) is 0. The predicted molar refractivity (Wildman–Crippen MR) is 63.0 cm³/mol. The van der Waals surface area contributed by atoms with Crippen LogP contribution in [0.25, 0.3) is 0 Å². The second kappa shape index (κ2) is 6.66. The molecule has 3 N–H and O–H groups in total. The van der Waals surface area contributed by atoms with Crippen molar-refractivity contribution in [2.24, 2.45) is 5.84 Å². The van der Waals surface area contributed by atoms with E-state index < -0.39 is 0 Å². The molecular weight excluding hydrogens is 214 g/mol. The summed E-state index contributed by atoms with van der Waals surface area (Å²) >= 11 is 0. The van der Waals surface area contributed by atoms with Crippen LogP contribution in [0.4, 0.5) is 0 Å². The van der Waals surface area contributed by atoms with Crippen LogP contribution < -0.4 is 11.3 Å². The summed E-state index contributed by atoms with van der Waals surface area (Å²) in [6.07, 6.45) is 5.01. The van der Waals surface area contributed by atoms with Gasteiger partial charge in [-0.1, -0.05) is 0 Å². The Balaban J connectivity index is 0.00000112. The van der Waals surface area contributed by atoms with E-state index in [-0.39, 0.29) is 12.4 Å². The molecule has 0 bridgehead atoms. The summed E-state index contributed by atoms with van der Waals surface area (Å²) in [5, 5.41) is 0. The van der Waals surface area contributed by atoms with Gasteiger partial charge in [-0.3, -0.25) is 16.2 Å². The Morgan fingerprint density at radius 3 is 2.20 bits per heavy atom. The first-order valence-corrected chi connectivity index (χ1v) is 5.68. The fraction of sp³-hybridized carbons (Fsp3) is 1.00. The Labute approximate surface area is 97.9 Å². The first-order chi connectivity index (χ1) is 6.90. The minimum Gasteiger partial charge on any atom is -0.379 e. The quantitative estimate of drug-likeness (QED) is 0.541. The SMILES string of the molecule is Cl.NNC1CCC(N2CCOCC2)CC1. The third-order valence-corrected chi connectivity index (χ3v) is 3.49. The van der Waals surface area contributed by atoms with Crippen molar-refractivity contribution in [2.75, 3.05) is 26.3 Å². The Morgan fingerprint density at radius 1 is 1.07 bits per heavy atom. The third-order valence-electron chi connectivity index (χ3n) is 3.49. The monoisotopic (exact) mass is 235 g/mol. The number of hydrogen-bond acceptors (Lipinski definition) is 4. The number of nitrogens with one attached hydrogen (secondary N) is 1. The molecule has 1 aliphatic heterocycles. The molecule has 2 aliphatic rings. The Hall–Kier alpha value is 0.130.